The third kappa shape index (κ3) is 1.90. The zero-order chi connectivity index (χ0) is 13.2. The first-order valence-electron chi connectivity index (χ1n) is 6.39. The molecular weight excluding hydrogens is 222 g/mol. The van der Waals surface area contributed by atoms with Crippen molar-refractivity contribution >= 4 is 5.96 Å². The Balaban J connectivity index is 2.42. The largest absolute Gasteiger partial charge is 0.370 e. The smallest absolute Gasteiger partial charge is 0.192 e. The molecule has 2 rings (SSSR count). The highest BCUT2D eigenvalue weighted by molar-refractivity contribution is 5.81. The number of nitrogens with zero attached hydrogens (tertiary/aromatic N) is 2. The zero-order valence-corrected chi connectivity index (χ0v) is 11.2. The molecule has 18 heavy (non-hydrogen) atoms. The van der Waals surface area contributed by atoms with Crippen LogP contribution in [0.2, 0.25) is 0 Å². The van der Waals surface area contributed by atoms with Gasteiger partial charge in [0.15, 0.2) is 5.96 Å². The van der Waals surface area contributed by atoms with Crippen molar-refractivity contribution in [1.82, 2.24) is 4.90 Å². The third-order valence-corrected chi connectivity index (χ3v) is 3.78. The van der Waals surface area contributed by atoms with E-state index < -0.39 is 0 Å². The van der Waals surface area contributed by atoms with Crippen molar-refractivity contribution in [2.75, 3.05) is 13.1 Å². The Bertz CT molecular complexity index is 461. The molecule has 0 bridgehead atoms. The molecule has 0 radical (unpaired) electrons. The average molecular weight is 243 g/mol. The summed E-state index contributed by atoms with van der Waals surface area (Å²) in [6, 6.07) is 8.66. The lowest BCUT2D eigenvalue weighted by Crippen LogP contribution is -2.49. The van der Waals surface area contributed by atoms with Gasteiger partial charge in [0.2, 0.25) is 0 Å². The molecule has 1 heterocycles. The highest BCUT2D eigenvalue weighted by Gasteiger charge is 2.41. The standard InChI is InChI=1S/C15H21N3/c1-4-10-18-14(16)17-11-15(18,5-2)13-8-6-12(3)7-9-13/h4,6-9H,1,5,10-11H2,2-3H3,(H2,16,17). The van der Waals surface area contributed by atoms with Crippen LogP contribution in [-0.4, -0.2) is 23.9 Å². The molecule has 1 aromatic carbocycles. The molecule has 3 heteroatoms. The molecule has 1 aliphatic rings. The number of benzene rings is 1. The Hall–Kier alpha value is -1.77. The molecule has 96 valence electrons. The fourth-order valence-electron chi connectivity index (χ4n) is 2.62. The minimum atomic E-state index is -0.105. The molecule has 0 saturated heterocycles. The normalized spacial score (nSPS) is 23.0. The maximum atomic E-state index is 6.01. The monoisotopic (exact) mass is 243 g/mol. The fourth-order valence-corrected chi connectivity index (χ4v) is 2.62. The van der Waals surface area contributed by atoms with E-state index in [0.29, 0.717) is 5.96 Å². The SMILES string of the molecule is C=CCN1C(N)=NCC1(CC)c1ccc(C)cc1. The van der Waals surface area contributed by atoms with E-state index in [2.05, 4.69) is 54.6 Å². The van der Waals surface area contributed by atoms with E-state index in [1.807, 2.05) is 6.08 Å². The van der Waals surface area contributed by atoms with Crippen LogP contribution in [-0.2, 0) is 5.54 Å². The van der Waals surface area contributed by atoms with E-state index >= 15 is 0 Å². The van der Waals surface area contributed by atoms with Gasteiger partial charge in [-0.3, -0.25) is 4.99 Å². The van der Waals surface area contributed by atoms with Gasteiger partial charge in [-0.15, -0.1) is 6.58 Å². The van der Waals surface area contributed by atoms with Gasteiger partial charge in [0.25, 0.3) is 0 Å². The number of hydrogen-bond acceptors (Lipinski definition) is 3. The first kappa shape index (κ1) is 12.7. The number of hydrogen-bond donors (Lipinski definition) is 1. The molecule has 2 N–H and O–H groups in total. The van der Waals surface area contributed by atoms with E-state index in [1.54, 1.807) is 0 Å². The van der Waals surface area contributed by atoms with Gasteiger partial charge in [-0.25, -0.2) is 0 Å². The van der Waals surface area contributed by atoms with Crippen LogP contribution in [0.3, 0.4) is 0 Å². The summed E-state index contributed by atoms with van der Waals surface area (Å²) in [5, 5.41) is 0. The summed E-state index contributed by atoms with van der Waals surface area (Å²) >= 11 is 0. The lowest BCUT2D eigenvalue weighted by Gasteiger charge is -2.38. The van der Waals surface area contributed by atoms with Gasteiger partial charge in [-0.1, -0.05) is 42.8 Å². The molecule has 1 atom stereocenters. The third-order valence-electron chi connectivity index (χ3n) is 3.78. The van der Waals surface area contributed by atoms with Crippen molar-refractivity contribution in [1.29, 1.82) is 0 Å². The molecule has 0 amide bonds. The summed E-state index contributed by atoms with van der Waals surface area (Å²) in [6.07, 6.45) is 2.86. The molecule has 1 aromatic rings. The minimum Gasteiger partial charge on any atom is -0.370 e. The zero-order valence-electron chi connectivity index (χ0n) is 11.2. The molecule has 0 spiro atoms. The molecule has 3 nitrogen and oxygen atoms in total. The summed E-state index contributed by atoms with van der Waals surface area (Å²) in [5.74, 6) is 0.623. The molecule has 0 saturated carbocycles. The number of guanidine groups is 1. The van der Waals surface area contributed by atoms with Crippen molar-refractivity contribution in [3.63, 3.8) is 0 Å². The Labute approximate surface area is 109 Å². The second kappa shape index (κ2) is 4.84. The van der Waals surface area contributed by atoms with Crippen LogP contribution in [0.4, 0.5) is 0 Å². The topological polar surface area (TPSA) is 41.6 Å². The first-order valence-corrected chi connectivity index (χ1v) is 6.39. The van der Waals surface area contributed by atoms with E-state index in [4.69, 9.17) is 5.73 Å². The molecular formula is C15H21N3. The summed E-state index contributed by atoms with van der Waals surface area (Å²) in [4.78, 5) is 6.59. The van der Waals surface area contributed by atoms with Crippen LogP contribution in [0.1, 0.15) is 24.5 Å². The van der Waals surface area contributed by atoms with Crippen LogP contribution >= 0.6 is 0 Å². The summed E-state index contributed by atoms with van der Waals surface area (Å²) in [5.41, 5.74) is 8.46. The minimum absolute atomic E-state index is 0.105. The van der Waals surface area contributed by atoms with Gasteiger partial charge in [0.1, 0.15) is 0 Å². The van der Waals surface area contributed by atoms with Crippen LogP contribution in [0.5, 0.6) is 0 Å². The Morgan fingerprint density at radius 1 is 1.44 bits per heavy atom. The summed E-state index contributed by atoms with van der Waals surface area (Å²) < 4.78 is 0. The number of aliphatic imine (C=N–C) groups is 1. The second-order valence-electron chi connectivity index (χ2n) is 4.82. The molecule has 0 fully saturated rings. The summed E-state index contributed by atoms with van der Waals surface area (Å²) in [7, 11) is 0. The van der Waals surface area contributed by atoms with Crippen molar-refractivity contribution in [2.45, 2.75) is 25.8 Å². The Morgan fingerprint density at radius 3 is 2.67 bits per heavy atom. The number of nitrogens with two attached hydrogens (primary N) is 1. The van der Waals surface area contributed by atoms with Gasteiger partial charge in [0.05, 0.1) is 12.1 Å². The van der Waals surface area contributed by atoms with Gasteiger partial charge < -0.3 is 10.6 Å². The van der Waals surface area contributed by atoms with E-state index in [9.17, 15) is 0 Å². The fraction of sp³-hybridized carbons (Fsp3) is 0.400. The van der Waals surface area contributed by atoms with Crippen molar-refractivity contribution in [2.24, 2.45) is 10.7 Å². The van der Waals surface area contributed by atoms with Crippen LogP contribution in [0.25, 0.3) is 0 Å². The van der Waals surface area contributed by atoms with Crippen LogP contribution in [0.15, 0.2) is 41.9 Å². The summed E-state index contributed by atoms with van der Waals surface area (Å²) in [6.45, 7) is 9.56. The van der Waals surface area contributed by atoms with E-state index in [-0.39, 0.29) is 5.54 Å². The molecule has 0 aromatic heterocycles. The van der Waals surface area contributed by atoms with E-state index in [0.717, 1.165) is 19.5 Å². The van der Waals surface area contributed by atoms with E-state index in [1.165, 1.54) is 11.1 Å². The molecule has 1 aliphatic heterocycles. The number of aryl methyl sites for hydroxylation is 1. The number of rotatable bonds is 4. The predicted molar refractivity (Wildman–Crippen MR) is 76.5 cm³/mol. The van der Waals surface area contributed by atoms with Crippen LogP contribution < -0.4 is 5.73 Å². The van der Waals surface area contributed by atoms with Crippen molar-refractivity contribution in [3.8, 4) is 0 Å². The molecule has 0 aliphatic carbocycles. The average Bonchev–Trinajstić information content (AvgIpc) is 2.70. The Morgan fingerprint density at radius 2 is 2.11 bits per heavy atom. The van der Waals surface area contributed by atoms with Gasteiger partial charge in [-0.05, 0) is 18.9 Å². The lowest BCUT2D eigenvalue weighted by molar-refractivity contribution is 0.211. The van der Waals surface area contributed by atoms with Crippen molar-refractivity contribution in [3.05, 3.63) is 48.0 Å². The highest BCUT2D eigenvalue weighted by atomic mass is 15.4. The van der Waals surface area contributed by atoms with Gasteiger partial charge in [-0.2, -0.15) is 0 Å². The van der Waals surface area contributed by atoms with Gasteiger partial charge in [0, 0.05) is 6.54 Å². The first-order chi connectivity index (χ1) is 8.64. The quantitative estimate of drug-likeness (QED) is 0.825. The van der Waals surface area contributed by atoms with Crippen LogP contribution in [0, 0.1) is 6.92 Å². The van der Waals surface area contributed by atoms with Gasteiger partial charge >= 0.3 is 0 Å². The maximum absolute atomic E-state index is 6.01. The molecule has 1 unspecified atom stereocenters. The highest BCUT2D eigenvalue weighted by Crippen LogP contribution is 2.36. The second-order valence-corrected chi connectivity index (χ2v) is 4.82. The predicted octanol–water partition coefficient (Wildman–Crippen LogP) is 2.42. The van der Waals surface area contributed by atoms with Crippen molar-refractivity contribution < 1.29 is 0 Å². The lowest BCUT2D eigenvalue weighted by atomic mass is 9.86. The maximum Gasteiger partial charge on any atom is 0.192 e. The Kier molecular flexibility index (Phi) is 3.41.